The second-order valence-electron chi connectivity index (χ2n) is 8.99. The standard InChI is InChI=1S/C33H28P2S2/c1-27-22-24-28(25-23-27)33(35(37,31-18-10-4-11-19-31)32-20-12-5-13-21-32)26-34(36,29-14-6-2-7-15-29)30-16-8-3-9-17-30/h2-26H,1H3/b33-26+. The first kappa shape index (κ1) is 25.8. The second kappa shape index (κ2) is 11.3. The summed E-state index contributed by atoms with van der Waals surface area (Å²) in [6.07, 6.45) is 0. The molecule has 0 N–H and O–H groups in total. The van der Waals surface area contributed by atoms with Gasteiger partial charge >= 0.3 is 0 Å². The van der Waals surface area contributed by atoms with Gasteiger partial charge in [-0.15, -0.1) is 0 Å². The molecule has 0 saturated carbocycles. The van der Waals surface area contributed by atoms with Crippen molar-refractivity contribution >= 4 is 62.2 Å². The summed E-state index contributed by atoms with van der Waals surface area (Å²) in [6, 6.07) is 46.3. The molecule has 0 unspecified atom stereocenters. The predicted molar refractivity (Wildman–Crippen MR) is 172 cm³/mol. The smallest absolute Gasteiger partial charge is 0.0386 e. The first-order valence-corrected chi connectivity index (χ1v) is 17.9. The topological polar surface area (TPSA) is 0 Å². The van der Waals surface area contributed by atoms with E-state index in [1.807, 2.05) is 0 Å². The average molecular weight is 551 g/mol. The van der Waals surface area contributed by atoms with Crippen molar-refractivity contribution in [2.24, 2.45) is 0 Å². The lowest BCUT2D eigenvalue weighted by atomic mass is 10.1. The largest absolute Gasteiger partial charge is 0.0832 e. The zero-order valence-electron chi connectivity index (χ0n) is 20.6. The van der Waals surface area contributed by atoms with Crippen molar-refractivity contribution in [3.8, 4) is 0 Å². The molecule has 0 bridgehead atoms. The molecule has 0 aliphatic heterocycles. The third-order valence-electron chi connectivity index (χ3n) is 6.51. The zero-order chi connectivity index (χ0) is 25.7. The number of hydrogen-bond acceptors (Lipinski definition) is 2. The van der Waals surface area contributed by atoms with Crippen LogP contribution in [0.4, 0.5) is 0 Å². The van der Waals surface area contributed by atoms with Crippen molar-refractivity contribution in [3.63, 3.8) is 0 Å². The molecule has 4 heteroatoms. The molecule has 0 atom stereocenters. The lowest BCUT2D eigenvalue weighted by molar-refractivity contribution is 1.46. The molecule has 0 aliphatic rings. The minimum atomic E-state index is -2.45. The molecule has 0 aliphatic carbocycles. The molecule has 0 fully saturated rings. The Morgan fingerprint density at radius 3 is 1.22 bits per heavy atom. The van der Waals surface area contributed by atoms with Crippen LogP contribution in [0.15, 0.2) is 151 Å². The Balaban J connectivity index is 1.89. The van der Waals surface area contributed by atoms with Crippen LogP contribution in [0, 0.1) is 6.92 Å². The van der Waals surface area contributed by atoms with Gasteiger partial charge in [0.15, 0.2) is 0 Å². The molecule has 5 rings (SSSR count). The summed E-state index contributed by atoms with van der Waals surface area (Å²) in [7, 11) is 0. The molecule has 0 nitrogen and oxygen atoms in total. The Morgan fingerprint density at radius 1 is 0.486 bits per heavy atom. The van der Waals surface area contributed by atoms with E-state index in [-0.39, 0.29) is 0 Å². The first-order chi connectivity index (χ1) is 18.0. The third kappa shape index (κ3) is 5.26. The summed E-state index contributed by atoms with van der Waals surface area (Å²) >= 11 is 13.6. The van der Waals surface area contributed by atoms with Gasteiger partial charge in [0.25, 0.3) is 0 Å². The summed E-state index contributed by atoms with van der Waals surface area (Å²) in [5.41, 5.74) is 2.36. The van der Waals surface area contributed by atoms with E-state index >= 15 is 0 Å². The van der Waals surface area contributed by atoms with Crippen LogP contribution in [-0.2, 0) is 23.6 Å². The highest BCUT2D eigenvalue weighted by Crippen LogP contribution is 2.61. The Morgan fingerprint density at radius 2 is 0.838 bits per heavy atom. The van der Waals surface area contributed by atoms with Gasteiger partial charge in [-0.2, -0.15) is 0 Å². The zero-order valence-corrected chi connectivity index (χ0v) is 24.1. The highest BCUT2D eigenvalue weighted by Gasteiger charge is 2.31. The van der Waals surface area contributed by atoms with Crippen molar-refractivity contribution in [1.82, 2.24) is 0 Å². The van der Waals surface area contributed by atoms with Crippen LogP contribution in [0.25, 0.3) is 5.31 Å². The van der Waals surface area contributed by atoms with Gasteiger partial charge in [-0.1, -0.05) is 175 Å². The molecular weight excluding hydrogens is 522 g/mol. The quantitative estimate of drug-likeness (QED) is 0.192. The Kier molecular flexibility index (Phi) is 7.84. The molecule has 0 saturated heterocycles. The van der Waals surface area contributed by atoms with Crippen LogP contribution in [0.3, 0.4) is 0 Å². The lowest BCUT2D eigenvalue weighted by Crippen LogP contribution is -2.19. The monoisotopic (exact) mass is 550 g/mol. The van der Waals surface area contributed by atoms with Crippen LogP contribution in [0.1, 0.15) is 11.1 Å². The molecule has 0 amide bonds. The predicted octanol–water partition coefficient (Wildman–Crippen LogP) is 7.55. The van der Waals surface area contributed by atoms with Gasteiger partial charge in [-0.3, -0.25) is 0 Å². The summed E-state index contributed by atoms with van der Waals surface area (Å²) < 4.78 is 0. The number of aryl methyl sites for hydroxylation is 1. The average Bonchev–Trinajstić information content (AvgIpc) is 2.98. The molecule has 0 radical (unpaired) electrons. The fourth-order valence-electron chi connectivity index (χ4n) is 4.53. The van der Waals surface area contributed by atoms with E-state index in [0.717, 1.165) is 10.9 Å². The van der Waals surface area contributed by atoms with E-state index in [2.05, 4.69) is 158 Å². The number of benzene rings is 5. The highest BCUT2D eigenvalue weighted by atomic mass is 32.4. The molecular formula is C33H28P2S2. The van der Waals surface area contributed by atoms with Crippen LogP contribution in [-0.4, -0.2) is 0 Å². The maximum atomic E-state index is 6.85. The van der Waals surface area contributed by atoms with Crippen molar-refractivity contribution in [3.05, 3.63) is 163 Å². The molecule has 0 aromatic heterocycles. The molecule has 0 spiro atoms. The van der Waals surface area contributed by atoms with Crippen molar-refractivity contribution in [1.29, 1.82) is 0 Å². The Bertz CT molecular complexity index is 1510. The normalized spacial score (nSPS) is 12.3. The van der Waals surface area contributed by atoms with Crippen LogP contribution in [0.5, 0.6) is 0 Å². The van der Waals surface area contributed by atoms with Gasteiger partial charge in [0.2, 0.25) is 0 Å². The van der Waals surface area contributed by atoms with Crippen LogP contribution < -0.4 is 21.2 Å². The van der Waals surface area contributed by atoms with Gasteiger partial charge in [-0.25, -0.2) is 0 Å². The van der Waals surface area contributed by atoms with E-state index < -0.39 is 12.1 Å². The fourth-order valence-corrected chi connectivity index (χ4v) is 13.3. The van der Waals surface area contributed by atoms with Crippen LogP contribution >= 0.6 is 12.1 Å². The van der Waals surface area contributed by atoms with Gasteiger partial charge in [0.05, 0.1) is 0 Å². The van der Waals surface area contributed by atoms with Crippen molar-refractivity contribution in [2.45, 2.75) is 6.92 Å². The molecule has 37 heavy (non-hydrogen) atoms. The van der Waals surface area contributed by atoms with Gasteiger partial charge in [0.1, 0.15) is 0 Å². The van der Waals surface area contributed by atoms with Crippen molar-refractivity contribution in [2.75, 3.05) is 0 Å². The molecule has 5 aromatic rings. The van der Waals surface area contributed by atoms with Gasteiger partial charge < -0.3 is 0 Å². The minimum Gasteiger partial charge on any atom is -0.0832 e. The minimum absolute atomic E-state index is 1.14. The van der Waals surface area contributed by atoms with Crippen LogP contribution in [0.2, 0.25) is 0 Å². The highest BCUT2D eigenvalue weighted by molar-refractivity contribution is 8.28. The Labute approximate surface area is 230 Å². The maximum Gasteiger partial charge on any atom is 0.0386 e. The van der Waals surface area contributed by atoms with E-state index in [0.29, 0.717) is 0 Å². The number of rotatable bonds is 7. The molecule has 0 heterocycles. The van der Waals surface area contributed by atoms with E-state index in [9.17, 15) is 0 Å². The Hall–Kier alpha value is -2.86. The number of hydrogen-bond donors (Lipinski definition) is 0. The summed E-state index contributed by atoms with van der Waals surface area (Å²) in [4.78, 5) is 0. The SMILES string of the molecule is Cc1ccc(/C(=C\P(=S)(c2ccccc2)c2ccccc2)P(=S)(c2ccccc2)c2ccccc2)cc1. The van der Waals surface area contributed by atoms with E-state index in [4.69, 9.17) is 23.6 Å². The maximum absolute atomic E-state index is 6.85. The third-order valence-corrected chi connectivity index (χ3v) is 16.0. The second-order valence-corrected chi connectivity index (χ2v) is 17.7. The lowest BCUT2D eigenvalue weighted by Gasteiger charge is -2.30. The summed E-state index contributed by atoms with van der Waals surface area (Å²) in [6.45, 7) is 2.12. The van der Waals surface area contributed by atoms with Crippen molar-refractivity contribution < 1.29 is 0 Å². The first-order valence-electron chi connectivity index (χ1n) is 12.2. The summed E-state index contributed by atoms with van der Waals surface area (Å²) in [5, 5.41) is 5.85. The van der Waals surface area contributed by atoms with E-state index in [1.54, 1.807) is 0 Å². The summed E-state index contributed by atoms with van der Waals surface area (Å²) in [5.74, 6) is 2.39. The van der Waals surface area contributed by atoms with Gasteiger partial charge in [-0.05, 0) is 39.5 Å². The fraction of sp³-hybridized carbons (Fsp3) is 0.0303. The van der Waals surface area contributed by atoms with E-state index in [1.165, 1.54) is 26.8 Å². The molecule has 182 valence electrons. The molecule has 5 aromatic carbocycles. The van der Waals surface area contributed by atoms with Gasteiger partial charge in [0, 0.05) is 17.4 Å².